The third-order valence-electron chi connectivity index (χ3n) is 3.62. The van der Waals surface area contributed by atoms with Gasteiger partial charge < -0.3 is 20.1 Å². The van der Waals surface area contributed by atoms with Crippen LogP contribution >= 0.6 is 0 Å². The van der Waals surface area contributed by atoms with Crippen molar-refractivity contribution >= 4 is 11.6 Å². The van der Waals surface area contributed by atoms with Gasteiger partial charge in [0.05, 0.1) is 26.5 Å². The van der Waals surface area contributed by atoms with Crippen LogP contribution < -0.4 is 20.1 Å². The van der Waals surface area contributed by atoms with Crippen LogP contribution in [0.4, 0.5) is 10.1 Å². The van der Waals surface area contributed by atoms with E-state index in [2.05, 4.69) is 10.6 Å². The molecule has 0 bridgehead atoms. The maximum absolute atomic E-state index is 13.7. The Morgan fingerprint density at radius 2 is 1.92 bits per heavy atom. The molecule has 24 heavy (non-hydrogen) atoms. The summed E-state index contributed by atoms with van der Waals surface area (Å²) in [6.07, 6.45) is 0. The molecule has 2 rings (SSSR count). The van der Waals surface area contributed by atoms with E-state index in [9.17, 15) is 9.18 Å². The third kappa shape index (κ3) is 4.45. The van der Waals surface area contributed by atoms with Crippen LogP contribution in [-0.4, -0.2) is 26.7 Å². The Labute approximate surface area is 140 Å². The molecule has 128 valence electrons. The molecule has 2 aromatic carbocycles. The number of carbonyl (C=O) groups is 1. The SMILES string of the molecule is COc1ccc(NC(=O)CNC(C)c2ccccc2F)c(OC)c1. The van der Waals surface area contributed by atoms with Crippen molar-refractivity contribution in [3.8, 4) is 11.5 Å². The number of nitrogens with one attached hydrogen (secondary N) is 2. The molecule has 0 spiro atoms. The van der Waals surface area contributed by atoms with Gasteiger partial charge in [-0.1, -0.05) is 18.2 Å². The van der Waals surface area contributed by atoms with E-state index in [4.69, 9.17) is 9.47 Å². The molecule has 0 radical (unpaired) electrons. The first kappa shape index (κ1) is 17.7. The first-order chi connectivity index (χ1) is 11.5. The van der Waals surface area contributed by atoms with Crippen molar-refractivity contribution in [3.05, 3.63) is 53.8 Å². The normalized spacial score (nSPS) is 11.7. The van der Waals surface area contributed by atoms with Crippen LogP contribution in [0.5, 0.6) is 11.5 Å². The first-order valence-electron chi connectivity index (χ1n) is 7.55. The minimum atomic E-state index is -0.297. The number of benzene rings is 2. The van der Waals surface area contributed by atoms with Gasteiger partial charge in [0.1, 0.15) is 17.3 Å². The zero-order valence-corrected chi connectivity index (χ0v) is 13.9. The van der Waals surface area contributed by atoms with Gasteiger partial charge in [0.2, 0.25) is 5.91 Å². The summed E-state index contributed by atoms with van der Waals surface area (Å²) in [5, 5.41) is 5.76. The fourth-order valence-corrected chi connectivity index (χ4v) is 2.28. The predicted octanol–water partition coefficient (Wildman–Crippen LogP) is 3.13. The third-order valence-corrected chi connectivity index (χ3v) is 3.62. The molecule has 1 atom stereocenters. The molecule has 0 heterocycles. The minimum Gasteiger partial charge on any atom is -0.497 e. The second-order valence-electron chi connectivity index (χ2n) is 5.24. The number of halogens is 1. The van der Waals surface area contributed by atoms with Crippen LogP contribution in [0.1, 0.15) is 18.5 Å². The maximum Gasteiger partial charge on any atom is 0.238 e. The van der Waals surface area contributed by atoms with Crippen LogP contribution in [0, 0.1) is 5.82 Å². The van der Waals surface area contributed by atoms with E-state index in [0.29, 0.717) is 22.7 Å². The van der Waals surface area contributed by atoms with E-state index >= 15 is 0 Å². The second kappa shape index (κ2) is 8.31. The van der Waals surface area contributed by atoms with Crippen molar-refractivity contribution in [1.82, 2.24) is 5.32 Å². The number of hydrogen-bond donors (Lipinski definition) is 2. The Morgan fingerprint density at radius 1 is 1.17 bits per heavy atom. The molecular formula is C18H21FN2O3. The van der Waals surface area contributed by atoms with Crippen LogP contribution in [-0.2, 0) is 4.79 Å². The van der Waals surface area contributed by atoms with Crippen LogP contribution in [0.15, 0.2) is 42.5 Å². The highest BCUT2D eigenvalue weighted by atomic mass is 19.1. The highest BCUT2D eigenvalue weighted by Gasteiger charge is 2.13. The Balaban J connectivity index is 1.95. The Bertz CT molecular complexity index is 706. The predicted molar refractivity (Wildman–Crippen MR) is 91.0 cm³/mol. The number of rotatable bonds is 7. The Morgan fingerprint density at radius 3 is 2.58 bits per heavy atom. The van der Waals surface area contributed by atoms with Crippen LogP contribution in [0.2, 0.25) is 0 Å². The molecule has 1 amide bonds. The molecule has 6 heteroatoms. The van der Waals surface area contributed by atoms with Gasteiger partial charge in [-0.3, -0.25) is 4.79 Å². The summed E-state index contributed by atoms with van der Waals surface area (Å²) in [5.74, 6) is 0.595. The Hall–Kier alpha value is -2.60. The Kier molecular flexibility index (Phi) is 6.14. The number of hydrogen-bond acceptors (Lipinski definition) is 4. The van der Waals surface area contributed by atoms with Crippen molar-refractivity contribution in [2.45, 2.75) is 13.0 Å². The molecule has 0 fully saturated rings. The van der Waals surface area contributed by atoms with Crippen LogP contribution in [0.25, 0.3) is 0 Å². The molecule has 0 aliphatic heterocycles. The summed E-state index contributed by atoms with van der Waals surface area (Å²) in [4.78, 5) is 12.1. The van der Waals surface area contributed by atoms with E-state index in [1.165, 1.54) is 13.2 Å². The van der Waals surface area contributed by atoms with E-state index in [0.717, 1.165) is 0 Å². The number of anilines is 1. The zero-order valence-electron chi connectivity index (χ0n) is 13.9. The average molecular weight is 332 g/mol. The lowest BCUT2D eigenvalue weighted by Crippen LogP contribution is -2.30. The van der Waals surface area contributed by atoms with Gasteiger partial charge in [-0.25, -0.2) is 4.39 Å². The molecular weight excluding hydrogens is 311 g/mol. The van der Waals surface area contributed by atoms with E-state index in [1.807, 2.05) is 0 Å². The molecule has 2 aromatic rings. The zero-order chi connectivity index (χ0) is 17.5. The van der Waals surface area contributed by atoms with Crippen molar-refractivity contribution in [3.63, 3.8) is 0 Å². The smallest absolute Gasteiger partial charge is 0.238 e. The van der Waals surface area contributed by atoms with Gasteiger partial charge in [0.25, 0.3) is 0 Å². The molecule has 5 nitrogen and oxygen atoms in total. The molecule has 1 unspecified atom stereocenters. The number of ether oxygens (including phenoxy) is 2. The first-order valence-corrected chi connectivity index (χ1v) is 7.55. The molecule has 0 aromatic heterocycles. The topological polar surface area (TPSA) is 59.6 Å². The summed E-state index contributed by atoms with van der Waals surface area (Å²) in [6, 6.07) is 11.3. The van der Waals surface area contributed by atoms with E-state index in [1.54, 1.807) is 50.4 Å². The fraction of sp³-hybridized carbons (Fsp3) is 0.278. The lowest BCUT2D eigenvalue weighted by atomic mass is 10.1. The summed E-state index contributed by atoms with van der Waals surface area (Å²) >= 11 is 0. The highest BCUT2D eigenvalue weighted by Crippen LogP contribution is 2.28. The average Bonchev–Trinajstić information content (AvgIpc) is 2.60. The van der Waals surface area contributed by atoms with Gasteiger partial charge >= 0.3 is 0 Å². The van der Waals surface area contributed by atoms with Gasteiger partial charge in [-0.2, -0.15) is 0 Å². The van der Waals surface area contributed by atoms with Crippen molar-refractivity contribution in [2.75, 3.05) is 26.1 Å². The van der Waals surface area contributed by atoms with E-state index < -0.39 is 0 Å². The summed E-state index contributed by atoms with van der Waals surface area (Å²) in [7, 11) is 3.07. The minimum absolute atomic E-state index is 0.0463. The molecule has 0 saturated carbocycles. The molecule has 0 aliphatic rings. The lowest BCUT2D eigenvalue weighted by Gasteiger charge is -2.16. The standard InChI is InChI=1S/C18H21FN2O3/c1-12(14-6-4-5-7-15(14)19)20-11-18(22)21-16-9-8-13(23-2)10-17(16)24-3/h4-10,12,20H,11H2,1-3H3,(H,21,22). The monoisotopic (exact) mass is 332 g/mol. The van der Waals surface area contributed by atoms with Gasteiger partial charge in [-0.15, -0.1) is 0 Å². The van der Waals surface area contributed by atoms with Gasteiger partial charge in [0, 0.05) is 17.7 Å². The van der Waals surface area contributed by atoms with Crippen molar-refractivity contribution < 1.29 is 18.7 Å². The van der Waals surface area contributed by atoms with Crippen molar-refractivity contribution in [1.29, 1.82) is 0 Å². The summed E-state index contributed by atoms with van der Waals surface area (Å²) in [6.45, 7) is 1.85. The molecule has 2 N–H and O–H groups in total. The van der Waals surface area contributed by atoms with Crippen molar-refractivity contribution in [2.24, 2.45) is 0 Å². The van der Waals surface area contributed by atoms with Gasteiger partial charge in [-0.05, 0) is 25.1 Å². The maximum atomic E-state index is 13.7. The quantitative estimate of drug-likeness (QED) is 0.818. The fourth-order valence-electron chi connectivity index (χ4n) is 2.28. The summed E-state index contributed by atoms with van der Waals surface area (Å²) < 4.78 is 24.1. The number of carbonyl (C=O) groups excluding carboxylic acids is 1. The molecule has 0 aliphatic carbocycles. The number of amides is 1. The van der Waals surface area contributed by atoms with E-state index in [-0.39, 0.29) is 24.3 Å². The highest BCUT2D eigenvalue weighted by molar-refractivity contribution is 5.93. The summed E-state index contributed by atoms with van der Waals surface area (Å²) in [5.41, 5.74) is 1.07. The second-order valence-corrected chi connectivity index (χ2v) is 5.24. The van der Waals surface area contributed by atoms with Crippen LogP contribution in [0.3, 0.4) is 0 Å². The van der Waals surface area contributed by atoms with Gasteiger partial charge in [0.15, 0.2) is 0 Å². The lowest BCUT2D eigenvalue weighted by molar-refractivity contribution is -0.115. The largest absolute Gasteiger partial charge is 0.497 e. The molecule has 0 saturated heterocycles. The number of methoxy groups -OCH3 is 2.